The number of thiophene rings is 1. The largest absolute Gasteiger partial charge is 0.507 e. The molecule has 158 valence electrons. The molecule has 3 aromatic heterocycles. The highest BCUT2D eigenvalue weighted by Gasteiger charge is 2.20. The molecule has 1 aliphatic heterocycles. The van der Waals surface area contributed by atoms with Crippen molar-refractivity contribution in [2.45, 2.75) is 19.4 Å². The number of anilines is 1. The SMILES string of the molecule is Bc1cnn2c(NCC3CCN(Cc4cccs4)CC3)cc(-c3ccccc3O)nc12. The zero-order chi connectivity index (χ0) is 21.2. The van der Waals surface area contributed by atoms with E-state index in [2.05, 4.69) is 32.8 Å². The lowest BCUT2D eigenvalue weighted by molar-refractivity contribution is 0.183. The molecule has 2 N–H and O–H groups in total. The van der Waals surface area contributed by atoms with Crippen LogP contribution in [0.3, 0.4) is 0 Å². The van der Waals surface area contributed by atoms with Crippen LogP contribution in [0.25, 0.3) is 16.9 Å². The number of nitrogens with zero attached hydrogens (tertiary/aromatic N) is 4. The van der Waals surface area contributed by atoms with E-state index in [9.17, 15) is 5.11 Å². The fourth-order valence-electron chi connectivity index (χ4n) is 4.25. The summed E-state index contributed by atoms with van der Waals surface area (Å²) in [6.07, 6.45) is 4.22. The van der Waals surface area contributed by atoms with Gasteiger partial charge in [-0.3, -0.25) is 4.90 Å². The standard InChI is InChI=1S/C23H26BN5OS/c24-19-14-26-29-22(12-20(27-23(19)29)18-5-1-2-6-21(18)30)25-13-16-7-9-28(10-8-16)15-17-4-3-11-31-17/h1-6,11-12,14,16,25,30H,7-10,13,15,24H2. The van der Waals surface area contributed by atoms with Crippen molar-refractivity contribution < 1.29 is 5.11 Å². The zero-order valence-corrected chi connectivity index (χ0v) is 18.5. The Labute approximate surface area is 187 Å². The number of hydrogen-bond acceptors (Lipinski definition) is 6. The maximum atomic E-state index is 10.3. The van der Waals surface area contributed by atoms with E-state index in [-0.39, 0.29) is 5.75 Å². The molecule has 4 heterocycles. The van der Waals surface area contributed by atoms with Crippen LogP contribution in [0.5, 0.6) is 5.75 Å². The summed E-state index contributed by atoms with van der Waals surface area (Å²) < 4.78 is 1.87. The van der Waals surface area contributed by atoms with Crippen LogP contribution >= 0.6 is 11.3 Å². The Bertz CT molecular complexity index is 1170. The number of fused-ring (bicyclic) bond motifs is 1. The first-order chi connectivity index (χ1) is 15.2. The van der Waals surface area contributed by atoms with Crippen molar-refractivity contribution >= 4 is 36.1 Å². The Kier molecular flexibility index (Phi) is 5.65. The third-order valence-corrected chi connectivity index (χ3v) is 6.93. The lowest BCUT2D eigenvalue weighted by atomic mass is 9.96. The van der Waals surface area contributed by atoms with Crippen molar-refractivity contribution in [2.75, 3.05) is 25.0 Å². The van der Waals surface area contributed by atoms with Crippen LogP contribution in [-0.2, 0) is 6.54 Å². The van der Waals surface area contributed by atoms with Gasteiger partial charge in [0.1, 0.15) is 19.4 Å². The number of likely N-dealkylation sites (tertiary alicyclic amines) is 1. The maximum Gasteiger partial charge on any atom is 0.151 e. The molecular formula is C23H26BN5OS. The lowest BCUT2D eigenvalue weighted by Gasteiger charge is -2.31. The quantitative estimate of drug-likeness (QED) is 0.460. The molecule has 31 heavy (non-hydrogen) atoms. The second-order valence-corrected chi connectivity index (χ2v) is 9.32. The summed E-state index contributed by atoms with van der Waals surface area (Å²) in [6, 6.07) is 13.7. The van der Waals surface area contributed by atoms with Gasteiger partial charge < -0.3 is 10.4 Å². The van der Waals surface area contributed by atoms with Gasteiger partial charge in [0.05, 0.1) is 5.69 Å². The van der Waals surface area contributed by atoms with Crippen molar-refractivity contribution in [2.24, 2.45) is 5.92 Å². The summed E-state index contributed by atoms with van der Waals surface area (Å²) in [4.78, 5) is 8.76. The van der Waals surface area contributed by atoms with Crippen LogP contribution in [-0.4, -0.2) is 52.1 Å². The molecule has 0 spiro atoms. The molecule has 0 amide bonds. The Hall–Kier alpha value is -2.84. The van der Waals surface area contributed by atoms with Gasteiger partial charge in [0.25, 0.3) is 0 Å². The van der Waals surface area contributed by atoms with E-state index in [0.29, 0.717) is 5.92 Å². The van der Waals surface area contributed by atoms with E-state index in [0.717, 1.165) is 54.4 Å². The first-order valence-corrected chi connectivity index (χ1v) is 11.7. The summed E-state index contributed by atoms with van der Waals surface area (Å²) in [6.45, 7) is 4.25. The molecule has 1 aromatic carbocycles. The average molecular weight is 431 g/mol. The van der Waals surface area contributed by atoms with Crippen LogP contribution in [0, 0.1) is 5.92 Å². The number of piperidine rings is 1. The van der Waals surface area contributed by atoms with Gasteiger partial charge in [-0.1, -0.05) is 18.2 Å². The summed E-state index contributed by atoms with van der Waals surface area (Å²) in [7, 11) is 2.01. The normalized spacial score (nSPS) is 15.5. The molecule has 8 heteroatoms. The van der Waals surface area contributed by atoms with E-state index in [1.807, 2.05) is 54.2 Å². The number of nitrogens with one attached hydrogen (secondary N) is 1. The van der Waals surface area contributed by atoms with E-state index in [1.165, 1.54) is 17.7 Å². The van der Waals surface area contributed by atoms with E-state index in [4.69, 9.17) is 4.98 Å². The fourth-order valence-corrected chi connectivity index (χ4v) is 4.99. The van der Waals surface area contributed by atoms with Gasteiger partial charge in [-0.25, -0.2) is 4.98 Å². The number of para-hydroxylation sites is 1. The Morgan fingerprint density at radius 2 is 2.00 bits per heavy atom. The van der Waals surface area contributed by atoms with Crippen molar-refractivity contribution in [1.29, 1.82) is 0 Å². The molecule has 5 rings (SSSR count). The van der Waals surface area contributed by atoms with Crippen LogP contribution in [0.1, 0.15) is 17.7 Å². The number of aromatic nitrogens is 3. The second-order valence-electron chi connectivity index (χ2n) is 8.29. The number of hydrogen-bond donors (Lipinski definition) is 2. The minimum atomic E-state index is 0.237. The Balaban J connectivity index is 1.30. The van der Waals surface area contributed by atoms with Crippen molar-refractivity contribution in [3.63, 3.8) is 0 Å². The van der Waals surface area contributed by atoms with Crippen LogP contribution in [0.15, 0.2) is 54.0 Å². The van der Waals surface area contributed by atoms with E-state index >= 15 is 0 Å². The van der Waals surface area contributed by atoms with Gasteiger partial charge in [-0.2, -0.15) is 9.61 Å². The molecule has 0 saturated carbocycles. The highest BCUT2D eigenvalue weighted by atomic mass is 32.1. The Morgan fingerprint density at radius 1 is 1.16 bits per heavy atom. The summed E-state index contributed by atoms with van der Waals surface area (Å²) in [5.74, 6) is 1.78. The molecule has 4 aromatic rings. The monoisotopic (exact) mass is 431 g/mol. The van der Waals surface area contributed by atoms with Crippen LogP contribution in [0.2, 0.25) is 0 Å². The topological polar surface area (TPSA) is 65.7 Å². The maximum absolute atomic E-state index is 10.3. The highest BCUT2D eigenvalue weighted by Crippen LogP contribution is 2.29. The Morgan fingerprint density at radius 3 is 2.77 bits per heavy atom. The summed E-state index contributed by atoms with van der Waals surface area (Å²) >= 11 is 1.84. The molecular weight excluding hydrogens is 405 g/mol. The van der Waals surface area contributed by atoms with Gasteiger partial charge >= 0.3 is 0 Å². The summed E-state index contributed by atoms with van der Waals surface area (Å²) in [5, 5.41) is 20.6. The van der Waals surface area contributed by atoms with Gasteiger partial charge in [0.15, 0.2) is 5.65 Å². The molecule has 0 aliphatic carbocycles. The molecule has 0 atom stereocenters. The predicted octanol–water partition coefficient (Wildman–Crippen LogP) is 2.75. The molecule has 6 nitrogen and oxygen atoms in total. The number of aromatic hydroxyl groups is 1. The number of phenols is 1. The molecule has 0 radical (unpaired) electrons. The first-order valence-electron chi connectivity index (χ1n) is 10.8. The first kappa shape index (κ1) is 20.1. The number of phenolic OH excluding ortho intramolecular Hbond substituents is 1. The lowest BCUT2D eigenvalue weighted by Crippen LogP contribution is -2.35. The number of benzene rings is 1. The highest BCUT2D eigenvalue weighted by molar-refractivity contribution is 7.09. The van der Waals surface area contributed by atoms with Crippen LogP contribution < -0.4 is 10.8 Å². The van der Waals surface area contributed by atoms with Gasteiger partial charge in [0.2, 0.25) is 0 Å². The van der Waals surface area contributed by atoms with Gasteiger partial charge in [-0.15, -0.1) is 11.3 Å². The number of rotatable bonds is 6. The second kappa shape index (κ2) is 8.73. The summed E-state index contributed by atoms with van der Waals surface area (Å²) in [5.41, 5.74) is 3.31. The molecule has 1 aliphatic rings. The third kappa shape index (κ3) is 4.31. The smallest absolute Gasteiger partial charge is 0.151 e. The third-order valence-electron chi connectivity index (χ3n) is 6.07. The van der Waals surface area contributed by atoms with E-state index < -0.39 is 0 Å². The van der Waals surface area contributed by atoms with Gasteiger partial charge in [-0.05, 0) is 60.9 Å². The predicted molar refractivity (Wildman–Crippen MR) is 129 cm³/mol. The van der Waals surface area contributed by atoms with Gasteiger partial charge in [0, 0.05) is 35.8 Å². The van der Waals surface area contributed by atoms with Crippen molar-refractivity contribution in [3.8, 4) is 17.0 Å². The van der Waals surface area contributed by atoms with E-state index in [1.54, 1.807) is 6.07 Å². The molecule has 1 fully saturated rings. The molecule has 0 bridgehead atoms. The molecule has 0 unspecified atom stereocenters. The van der Waals surface area contributed by atoms with Crippen molar-refractivity contribution in [3.05, 3.63) is 58.9 Å². The molecule has 1 saturated heterocycles. The van der Waals surface area contributed by atoms with Crippen LogP contribution in [0.4, 0.5) is 5.82 Å². The average Bonchev–Trinajstić information content (AvgIpc) is 3.43. The minimum Gasteiger partial charge on any atom is -0.507 e. The fraction of sp³-hybridized carbons (Fsp3) is 0.304. The van der Waals surface area contributed by atoms with Crippen molar-refractivity contribution in [1.82, 2.24) is 19.5 Å². The zero-order valence-electron chi connectivity index (χ0n) is 17.7. The minimum absolute atomic E-state index is 0.237.